The Labute approximate surface area is 167 Å². The van der Waals surface area contributed by atoms with Gasteiger partial charge in [-0.1, -0.05) is 42.5 Å². The number of hydrogen-bond acceptors (Lipinski definition) is 6. The number of nitrogens with zero attached hydrogens (tertiary/aromatic N) is 4. The molecule has 7 nitrogen and oxygen atoms in total. The minimum Gasteiger partial charge on any atom is -0.348 e. The Balaban J connectivity index is 1.56. The third-order valence-corrected chi connectivity index (χ3v) is 6.13. The Hall–Kier alpha value is -2.74. The molecule has 1 aliphatic heterocycles. The van der Waals surface area contributed by atoms with Crippen LogP contribution in [-0.2, 0) is 6.54 Å². The number of benzene rings is 1. The third-order valence-electron chi connectivity index (χ3n) is 5.15. The van der Waals surface area contributed by atoms with Crippen LogP contribution >= 0.6 is 11.3 Å². The molecule has 1 atom stereocenters. The molecule has 0 unspecified atom stereocenters. The molecule has 0 radical (unpaired) electrons. The summed E-state index contributed by atoms with van der Waals surface area (Å²) in [6.45, 7) is 6.44. The summed E-state index contributed by atoms with van der Waals surface area (Å²) >= 11 is 1.39. The average molecular weight is 398 g/mol. The van der Waals surface area contributed by atoms with E-state index in [1.807, 2.05) is 31.2 Å². The van der Waals surface area contributed by atoms with E-state index in [4.69, 9.17) is 0 Å². The number of hydrogen-bond donors (Lipinski definition) is 1. The molecule has 0 aliphatic carbocycles. The number of carbonyl (C=O) groups excluding carboxylic acids is 1. The summed E-state index contributed by atoms with van der Waals surface area (Å²) in [7, 11) is 0. The maximum Gasteiger partial charge on any atom is 0.288 e. The van der Waals surface area contributed by atoms with Gasteiger partial charge in [0.05, 0.1) is 0 Å². The number of aryl methyl sites for hydroxylation is 1. The number of anilines is 1. The predicted octanol–water partition coefficient (Wildman–Crippen LogP) is 2.63. The van der Waals surface area contributed by atoms with Crippen LogP contribution in [-0.4, -0.2) is 33.6 Å². The zero-order valence-electron chi connectivity index (χ0n) is 16.0. The first-order valence-corrected chi connectivity index (χ1v) is 10.3. The molecule has 1 saturated heterocycles. The Kier molecular flexibility index (Phi) is 5.13. The molecule has 0 saturated carbocycles. The van der Waals surface area contributed by atoms with Crippen LogP contribution in [0.5, 0.6) is 0 Å². The second-order valence-corrected chi connectivity index (χ2v) is 8.29. The van der Waals surface area contributed by atoms with Gasteiger partial charge in [-0.15, -0.1) is 5.10 Å². The van der Waals surface area contributed by atoms with Crippen molar-refractivity contribution in [3.05, 3.63) is 57.5 Å². The van der Waals surface area contributed by atoms with E-state index in [0.717, 1.165) is 35.8 Å². The van der Waals surface area contributed by atoms with Crippen molar-refractivity contribution in [3.63, 3.8) is 0 Å². The smallest absolute Gasteiger partial charge is 0.288 e. The molecule has 3 aromatic rings. The van der Waals surface area contributed by atoms with Crippen molar-refractivity contribution in [2.24, 2.45) is 5.92 Å². The van der Waals surface area contributed by atoms with Crippen LogP contribution in [0.4, 0.5) is 5.13 Å². The summed E-state index contributed by atoms with van der Waals surface area (Å²) in [5.41, 5.74) is 1.68. The van der Waals surface area contributed by atoms with Crippen LogP contribution in [0.3, 0.4) is 0 Å². The number of nitrogens with one attached hydrogen (secondary N) is 1. The number of rotatable bonds is 4. The van der Waals surface area contributed by atoms with E-state index >= 15 is 0 Å². The van der Waals surface area contributed by atoms with E-state index in [0.29, 0.717) is 17.4 Å². The number of carbonyl (C=O) groups is 1. The largest absolute Gasteiger partial charge is 0.348 e. The number of piperidine rings is 1. The molecule has 0 bridgehead atoms. The molecule has 2 aromatic heterocycles. The molecule has 8 heteroatoms. The summed E-state index contributed by atoms with van der Waals surface area (Å²) in [6.07, 6.45) is 3.68. The highest BCUT2D eigenvalue weighted by atomic mass is 32.1. The normalized spacial score (nSPS) is 17.1. The van der Waals surface area contributed by atoms with Gasteiger partial charge in [-0.3, -0.25) is 9.59 Å². The number of aromatic nitrogens is 3. The van der Waals surface area contributed by atoms with Gasteiger partial charge < -0.3 is 10.2 Å². The van der Waals surface area contributed by atoms with Gasteiger partial charge in [0.25, 0.3) is 11.5 Å². The van der Waals surface area contributed by atoms with Gasteiger partial charge in [0.15, 0.2) is 0 Å². The van der Waals surface area contributed by atoms with Crippen molar-refractivity contribution in [1.82, 2.24) is 19.9 Å². The van der Waals surface area contributed by atoms with Crippen molar-refractivity contribution in [1.29, 1.82) is 0 Å². The highest BCUT2D eigenvalue weighted by Gasteiger charge is 2.22. The molecular formula is C20H23N5O2S. The molecule has 28 heavy (non-hydrogen) atoms. The molecule has 1 aliphatic rings. The molecule has 146 valence electrons. The molecule has 3 heterocycles. The van der Waals surface area contributed by atoms with Gasteiger partial charge in [-0.05, 0) is 36.8 Å². The van der Waals surface area contributed by atoms with Crippen LogP contribution in [0.25, 0.3) is 4.96 Å². The zero-order valence-corrected chi connectivity index (χ0v) is 16.8. The average Bonchev–Trinajstić information content (AvgIpc) is 3.13. The maximum atomic E-state index is 12.8. The minimum atomic E-state index is -0.434. The van der Waals surface area contributed by atoms with Crippen molar-refractivity contribution in [3.8, 4) is 0 Å². The first kappa shape index (κ1) is 18.6. The fraction of sp³-hybridized carbons (Fsp3) is 0.400. The highest BCUT2D eigenvalue weighted by molar-refractivity contribution is 7.20. The molecule has 4 rings (SSSR count). The van der Waals surface area contributed by atoms with Crippen molar-refractivity contribution >= 4 is 27.3 Å². The molecular weight excluding hydrogens is 374 g/mol. The van der Waals surface area contributed by atoms with Gasteiger partial charge in [-0.2, -0.15) is 4.52 Å². The first-order valence-electron chi connectivity index (χ1n) is 9.49. The van der Waals surface area contributed by atoms with E-state index in [1.54, 1.807) is 0 Å². The van der Waals surface area contributed by atoms with Gasteiger partial charge >= 0.3 is 0 Å². The van der Waals surface area contributed by atoms with E-state index < -0.39 is 11.5 Å². The summed E-state index contributed by atoms with van der Waals surface area (Å²) in [4.78, 5) is 32.4. The van der Waals surface area contributed by atoms with E-state index in [9.17, 15) is 9.59 Å². The fourth-order valence-electron chi connectivity index (χ4n) is 3.50. The lowest BCUT2D eigenvalue weighted by molar-refractivity contribution is 0.0948. The highest BCUT2D eigenvalue weighted by Crippen LogP contribution is 2.26. The van der Waals surface area contributed by atoms with Crippen LogP contribution in [0, 0.1) is 12.8 Å². The quantitative estimate of drug-likeness (QED) is 0.732. The van der Waals surface area contributed by atoms with Gasteiger partial charge in [0.2, 0.25) is 10.1 Å². The van der Waals surface area contributed by atoms with Crippen molar-refractivity contribution in [2.75, 3.05) is 18.0 Å². The van der Waals surface area contributed by atoms with Crippen molar-refractivity contribution in [2.45, 2.75) is 33.2 Å². The number of fused-ring (bicyclic) bond motifs is 1. The SMILES string of the molecule is Cc1ccccc1CNC(=O)c1cnc2sc(N3CCC[C@@H](C)C3)nn2c1=O. The Bertz CT molecular complexity index is 1070. The summed E-state index contributed by atoms with van der Waals surface area (Å²) in [5, 5.41) is 8.05. The summed E-state index contributed by atoms with van der Waals surface area (Å²) < 4.78 is 1.25. The fourth-order valence-corrected chi connectivity index (χ4v) is 4.40. The lowest BCUT2D eigenvalue weighted by Gasteiger charge is -2.30. The van der Waals surface area contributed by atoms with Crippen LogP contribution in [0.1, 0.15) is 41.3 Å². The summed E-state index contributed by atoms with van der Waals surface area (Å²) in [6, 6.07) is 7.82. The first-order chi connectivity index (χ1) is 13.5. The second kappa shape index (κ2) is 7.71. The maximum absolute atomic E-state index is 12.8. The zero-order chi connectivity index (χ0) is 19.7. The Morgan fingerprint density at radius 2 is 2.18 bits per heavy atom. The second-order valence-electron chi connectivity index (χ2n) is 7.36. The Morgan fingerprint density at radius 1 is 1.36 bits per heavy atom. The van der Waals surface area contributed by atoms with Gasteiger partial charge in [0, 0.05) is 25.8 Å². The third kappa shape index (κ3) is 3.64. The molecule has 1 aromatic carbocycles. The van der Waals surface area contributed by atoms with Crippen LogP contribution in [0.2, 0.25) is 0 Å². The summed E-state index contributed by atoms with van der Waals surface area (Å²) in [5.74, 6) is 0.171. The van der Waals surface area contributed by atoms with E-state index in [-0.39, 0.29) is 5.56 Å². The Morgan fingerprint density at radius 3 is 2.96 bits per heavy atom. The lowest BCUT2D eigenvalue weighted by atomic mass is 10.0. The standard InChI is InChI=1S/C20H23N5O2S/c1-13-6-5-9-24(12-13)20-23-25-18(27)16(11-22-19(25)28-20)17(26)21-10-15-8-4-3-7-14(15)2/h3-4,7-8,11,13H,5-6,9-10,12H2,1-2H3,(H,21,26)/t13-/m1/s1. The topological polar surface area (TPSA) is 79.6 Å². The van der Waals surface area contributed by atoms with Crippen LogP contribution < -0.4 is 15.8 Å². The van der Waals surface area contributed by atoms with Crippen molar-refractivity contribution < 1.29 is 4.79 Å². The van der Waals surface area contributed by atoms with Gasteiger partial charge in [0.1, 0.15) is 5.56 Å². The van der Waals surface area contributed by atoms with E-state index in [2.05, 4.69) is 27.2 Å². The molecule has 1 fully saturated rings. The van der Waals surface area contributed by atoms with E-state index in [1.165, 1.54) is 28.5 Å². The number of amides is 1. The minimum absolute atomic E-state index is 0.00921. The molecule has 0 spiro atoms. The molecule has 1 N–H and O–H groups in total. The van der Waals surface area contributed by atoms with Gasteiger partial charge in [-0.25, -0.2) is 4.98 Å². The predicted molar refractivity (Wildman–Crippen MR) is 110 cm³/mol. The molecule has 1 amide bonds. The monoisotopic (exact) mass is 397 g/mol. The van der Waals surface area contributed by atoms with Crippen LogP contribution in [0.15, 0.2) is 35.3 Å². The lowest BCUT2D eigenvalue weighted by Crippen LogP contribution is -2.34.